The second-order valence-corrected chi connectivity index (χ2v) is 7.15. The van der Waals surface area contributed by atoms with E-state index >= 15 is 0 Å². The fourth-order valence-corrected chi connectivity index (χ4v) is 2.20. The minimum absolute atomic E-state index is 0.289. The Kier molecular flexibility index (Phi) is 7.89. The molecule has 0 aliphatic heterocycles. The van der Waals surface area contributed by atoms with Crippen LogP contribution in [0.5, 0.6) is 0 Å². The average molecular weight is 327 g/mol. The van der Waals surface area contributed by atoms with E-state index in [0.29, 0.717) is 17.9 Å². The third kappa shape index (κ3) is 6.79. The maximum absolute atomic E-state index is 4.59. The summed E-state index contributed by atoms with van der Waals surface area (Å²) in [5, 5.41) is 7.46. The van der Waals surface area contributed by atoms with Crippen LogP contribution in [0.3, 0.4) is 0 Å². The lowest BCUT2D eigenvalue weighted by atomic mass is 10.2. The lowest BCUT2D eigenvalue weighted by Crippen LogP contribution is -2.40. The third-order valence-electron chi connectivity index (χ3n) is 2.76. The first-order valence-electron chi connectivity index (χ1n) is 7.86. The number of anilines is 2. The molecule has 7 heteroatoms. The van der Waals surface area contributed by atoms with E-state index in [2.05, 4.69) is 72.0 Å². The molecule has 1 heterocycles. The first-order valence-corrected chi connectivity index (χ1v) is 9.09. The first kappa shape index (κ1) is 19.0. The Hall–Kier alpha value is -1.08. The van der Waals surface area contributed by atoms with Crippen LogP contribution in [0.15, 0.2) is 5.16 Å². The molecule has 0 spiro atoms. The maximum atomic E-state index is 4.59. The van der Waals surface area contributed by atoms with Crippen LogP contribution in [0.1, 0.15) is 41.5 Å². The Morgan fingerprint density at radius 3 is 2.18 bits per heavy atom. The largest absolute Gasteiger partial charge is 0.352 e. The number of hydrogen-bond acceptors (Lipinski definition) is 7. The first-order chi connectivity index (χ1) is 10.3. The number of aromatic nitrogens is 3. The lowest BCUT2D eigenvalue weighted by Gasteiger charge is -2.26. The molecule has 22 heavy (non-hydrogen) atoms. The summed E-state index contributed by atoms with van der Waals surface area (Å²) in [6.45, 7) is 14.5. The summed E-state index contributed by atoms with van der Waals surface area (Å²) < 4.78 is 0. The van der Waals surface area contributed by atoms with Gasteiger partial charge in [0.1, 0.15) is 0 Å². The van der Waals surface area contributed by atoms with Gasteiger partial charge in [0.25, 0.3) is 0 Å². The second-order valence-electron chi connectivity index (χ2n) is 6.38. The van der Waals surface area contributed by atoms with Crippen LogP contribution in [0.25, 0.3) is 0 Å². The predicted octanol–water partition coefficient (Wildman–Crippen LogP) is 2.83. The molecule has 126 valence electrons. The average Bonchev–Trinajstić information content (AvgIpc) is 2.41. The van der Waals surface area contributed by atoms with Gasteiger partial charge in [-0.05, 0) is 39.9 Å². The summed E-state index contributed by atoms with van der Waals surface area (Å²) in [7, 11) is 0. The number of thioether (sulfide) groups is 1. The lowest BCUT2D eigenvalue weighted by molar-refractivity contribution is 0.524. The van der Waals surface area contributed by atoms with Gasteiger partial charge in [-0.3, -0.25) is 5.32 Å². The van der Waals surface area contributed by atoms with Crippen molar-refractivity contribution in [2.24, 2.45) is 5.92 Å². The molecule has 0 radical (unpaired) electrons. The summed E-state index contributed by atoms with van der Waals surface area (Å²) in [6.07, 6.45) is 1.98. The predicted molar refractivity (Wildman–Crippen MR) is 95.7 cm³/mol. The van der Waals surface area contributed by atoms with Crippen molar-refractivity contribution >= 4 is 23.7 Å². The highest BCUT2D eigenvalue weighted by molar-refractivity contribution is 7.98. The highest BCUT2D eigenvalue weighted by Crippen LogP contribution is 2.17. The monoisotopic (exact) mass is 326 g/mol. The molecule has 0 bridgehead atoms. The molecule has 0 unspecified atom stereocenters. The van der Waals surface area contributed by atoms with Crippen molar-refractivity contribution in [3.8, 4) is 0 Å². The van der Waals surface area contributed by atoms with Crippen molar-refractivity contribution in [1.82, 2.24) is 20.3 Å². The fourth-order valence-electron chi connectivity index (χ4n) is 1.85. The fraction of sp³-hybridized carbons (Fsp3) is 0.800. The smallest absolute Gasteiger partial charge is 0.232 e. The normalized spacial score (nSPS) is 11.5. The highest BCUT2D eigenvalue weighted by Gasteiger charge is 2.15. The zero-order chi connectivity index (χ0) is 16.7. The summed E-state index contributed by atoms with van der Waals surface area (Å²) in [5.74, 6) is 1.90. The Balaban J connectivity index is 3.04. The van der Waals surface area contributed by atoms with E-state index in [1.165, 1.54) is 11.8 Å². The van der Waals surface area contributed by atoms with E-state index in [9.17, 15) is 0 Å². The minimum Gasteiger partial charge on any atom is -0.352 e. The Bertz CT molecular complexity index is 450. The molecule has 0 atom stereocenters. The minimum atomic E-state index is 0.289. The number of nitrogens with one attached hydrogen (secondary N) is 2. The highest BCUT2D eigenvalue weighted by atomic mass is 32.2. The van der Waals surface area contributed by atoms with Crippen molar-refractivity contribution in [1.29, 1.82) is 0 Å². The van der Waals surface area contributed by atoms with Crippen LogP contribution in [0, 0.1) is 5.92 Å². The van der Waals surface area contributed by atoms with Gasteiger partial charge < -0.3 is 10.2 Å². The van der Waals surface area contributed by atoms with Gasteiger partial charge >= 0.3 is 0 Å². The van der Waals surface area contributed by atoms with Gasteiger partial charge in [-0.25, -0.2) is 0 Å². The van der Waals surface area contributed by atoms with Crippen molar-refractivity contribution in [2.75, 3.05) is 29.7 Å². The van der Waals surface area contributed by atoms with E-state index in [1.54, 1.807) is 0 Å². The summed E-state index contributed by atoms with van der Waals surface area (Å²) in [5.41, 5.74) is 0. The summed E-state index contributed by atoms with van der Waals surface area (Å²) >= 11 is 1.54. The van der Waals surface area contributed by atoms with Crippen molar-refractivity contribution in [3.63, 3.8) is 0 Å². The number of nitrogens with zero attached hydrogens (tertiary/aromatic N) is 4. The molecule has 0 saturated heterocycles. The van der Waals surface area contributed by atoms with Crippen LogP contribution in [-0.4, -0.2) is 46.5 Å². The van der Waals surface area contributed by atoms with E-state index in [-0.39, 0.29) is 6.04 Å². The topological polar surface area (TPSA) is 66.0 Å². The van der Waals surface area contributed by atoms with Crippen LogP contribution in [0.2, 0.25) is 0 Å². The van der Waals surface area contributed by atoms with Crippen LogP contribution in [0.4, 0.5) is 11.9 Å². The Labute approximate surface area is 138 Å². The van der Waals surface area contributed by atoms with Crippen LogP contribution >= 0.6 is 11.8 Å². The molecule has 6 nitrogen and oxygen atoms in total. The van der Waals surface area contributed by atoms with E-state index in [1.807, 2.05) is 6.26 Å². The van der Waals surface area contributed by atoms with Gasteiger partial charge in [0, 0.05) is 18.6 Å². The molecule has 1 aromatic heterocycles. The maximum Gasteiger partial charge on any atom is 0.232 e. The quantitative estimate of drug-likeness (QED) is 0.534. The van der Waals surface area contributed by atoms with Crippen molar-refractivity contribution < 1.29 is 0 Å². The zero-order valence-corrected chi connectivity index (χ0v) is 15.7. The van der Waals surface area contributed by atoms with Crippen molar-refractivity contribution in [2.45, 2.75) is 58.8 Å². The van der Waals surface area contributed by atoms with Gasteiger partial charge in [0.2, 0.25) is 11.9 Å². The number of rotatable bonds is 9. The molecule has 0 saturated carbocycles. The Morgan fingerprint density at radius 1 is 1.00 bits per heavy atom. The molecular weight excluding hydrogens is 296 g/mol. The van der Waals surface area contributed by atoms with E-state index < -0.39 is 0 Å². The van der Waals surface area contributed by atoms with Gasteiger partial charge in [0.15, 0.2) is 5.16 Å². The molecule has 0 fully saturated rings. The van der Waals surface area contributed by atoms with Crippen LogP contribution < -0.4 is 15.5 Å². The third-order valence-corrected chi connectivity index (χ3v) is 3.31. The van der Waals surface area contributed by atoms with Gasteiger partial charge in [-0.1, -0.05) is 25.6 Å². The van der Waals surface area contributed by atoms with E-state index in [0.717, 1.165) is 24.3 Å². The van der Waals surface area contributed by atoms with Gasteiger partial charge in [-0.2, -0.15) is 15.0 Å². The van der Waals surface area contributed by atoms with Gasteiger partial charge in [-0.15, -0.1) is 0 Å². The molecule has 0 aliphatic rings. The second kappa shape index (κ2) is 9.15. The van der Waals surface area contributed by atoms with E-state index in [4.69, 9.17) is 0 Å². The standard InChI is InChI=1S/C15H30N6S/c1-10(2)8-21(9-16-11(3)4)14-18-13(17-12(5)6)19-15(20-14)22-7/h10-12,16H,8-9H2,1-7H3,(H,17,18,19,20). The summed E-state index contributed by atoms with van der Waals surface area (Å²) in [4.78, 5) is 15.8. The van der Waals surface area contributed by atoms with Crippen LogP contribution in [-0.2, 0) is 0 Å². The van der Waals surface area contributed by atoms with Crippen molar-refractivity contribution in [3.05, 3.63) is 0 Å². The molecule has 0 amide bonds. The molecule has 0 aromatic carbocycles. The molecule has 1 rings (SSSR count). The molecule has 0 aliphatic carbocycles. The van der Waals surface area contributed by atoms with Gasteiger partial charge in [0.05, 0.1) is 6.67 Å². The SMILES string of the molecule is CSc1nc(NC(C)C)nc(N(CNC(C)C)CC(C)C)n1. The molecule has 2 N–H and O–H groups in total. The Morgan fingerprint density at radius 2 is 1.68 bits per heavy atom. The molecule has 1 aromatic rings. The summed E-state index contributed by atoms with van der Waals surface area (Å²) in [6, 6.07) is 0.710. The molecular formula is C15H30N6S. The zero-order valence-electron chi connectivity index (χ0n) is 14.8. The number of hydrogen-bond donors (Lipinski definition) is 2.